The predicted molar refractivity (Wildman–Crippen MR) is 74.2 cm³/mol. The third-order valence-electron chi connectivity index (χ3n) is 2.61. The van der Waals surface area contributed by atoms with E-state index in [1.807, 2.05) is 5.48 Å². The molecular formula is C13H11ClF3N3O3. The Bertz CT molecular complexity index is 703. The summed E-state index contributed by atoms with van der Waals surface area (Å²) in [5, 5.41) is 3.63. The molecule has 0 unspecified atom stereocenters. The number of halogens is 4. The Hall–Kier alpha value is -2.26. The second-order valence-electron chi connectivity index (χ2n) is 4.25. The van der Waals surface area contributed by atoms with Gasteiger partial charge in [-0.25, -0.2) is 5.48 Å². The molecule has 0 atom stereocenters. The Kier molecular flexibility index (Phi) is 5.12. The minimum absolute atomic E-state index is 0.176. The monoisotopic (exact) mass is 349 g/mol. The molecule has 0 aliphatic carbocycles. The van der Waals surface area contributed by atoms with Crippen LogP contribution in [0.4, 0.5) is 13.2 Å². The summed E-state index contributed by atoms with van der Waals surface area (Å²) in [5.41, 5.74) is 1.00. The van der Waals surface area contributed by atoms with Gasteiger partial charge in [-0.2, -0.15) is 23.0 Å². The van der Waals surface area contributed by atoms with Crippen LogP contribution in [-0.4, -0.2) is 29.4 Å². The van der Waals surface area contributed by atoms with E-state index in [4.69, 9.17) is 16.3 Å². The second kappa shape index (κ2) is 6.88. The van der Waals surface area contributed by atoms with Gasteiger partial charge in [0.1, 0.15) is 0 Å². The minimum atomic E-state index is -4.67. The summed E-state index contributed by atoms with van der Waals surface area (Å²) in [7, 11) is 1.22. The molecule has 1 amide bonds. The first kappa shape index (κ1) is 17.1. The number of ether oxygens (including phenoxy) is 1. The zero-order valence-electron chi connectivity index (χ0n) is 11.7. The molecule has 0 bridgehead atoms. The van der Waals surface area contributed by atoms with Gasteiger partial charge in [-0.3, -0.25) is 9.63 Å². The van der Waals surface area contributed by atoms with Crippen LogP contribution in [0, 0.1) is 0 Å². The summed E-state index contributed by atoms with van der Waals surface area (Å²) >= 11 is 5.97. The van der Waals surface area contributed by atoms with E-state index in [2.05, 4.69) is 9.94 Å². The van der Waals surface area contributed by atoms with E-state index >= 15 is 0 Å². The summed E-state index contributed by atoms with van der Waals surface area (Å²) in [6, 6.07) is 6.85. The van der Waals surface area contributed by atoms with Crippen molar-refractivity contribution in [1.29, 1.82) is 0 Å². The highest BCUT2D eigenvalue weighted by molar-refractivity contribution is 6.32. The maximum atomic E-state index is 12.9. The van der Waals surface area contributed by atoms with E-state index < -0.39 is 24.4 Å². The van der Waals surface area contributed by atoms with Crippen molar-refractivity contribution in [3.05, 3.63) is 41.0 Å². The molecule has 2 aromatic rings. The van der Waals surface area contributed by atoms with Gasteiger partial charge in [0.15, 0.2) is 12.3 Å². The highest BCUT2D eigenvalue weighted by Crippen LogP contribution is 2.33. The van der Waals surface area contributed by atoms with Crippen LogP contribution >= 0.6 is 11.6 Å². The first-order valence-corrected chi connectivity index (χ1v) is 6.57. The van der Waals surface area contributed by atoms with Gasteiger partial charge >= 0.3 is 6.18 Å². The van der Waals surface area contributed by atoms with Crippen LogP contribution in [0.1, 0.15) is 5.69 Å². The lowest BCUT2D eigenvalue weighted by Gasteiger charge is -2.10. The number of carbonyl (C=O) groups excluding carboxylic acids is 1. The maximum absolute atomic E-state index is 12.9. The van der Waals surface area contributed by atoms with Crippen LogP contribution < -0.4 is 10.2 Å². The zero-order valence-corrected chi connectivity index (χ0v) is 12.5. The number of nitrogens with one attached hydrogen (secondary N) is 1. The molecule has 6 nitrogen and oxygen atoms in total. The number of nitrogens with zero attached hydrogens (tertiary/aromatic N) is 2. The number of hydrogen-bond donors (Lipinski definition) is 1. The van der Waals surface area contributed by atoms with E-state index in [9.17, 15) is 18.0 Å². The number of amides is 1. The van der Waals surface area contributed by atoms with Gasteiger partial charge in [0, 0.05) is 6.07 Å². The highest BCUT2D eigenvalue weighted by atomic mass is 35.5. The Morgan fingerprint density at radius 3 is 2.70 bits per heavy atom. The summed E-state index contributed by atoms with van der Waals surface area (Å²) in [5.74, 6) is -0.954. The first-order valence-electron chi connectivity index (χ1n) is 6.19. The maximum Gasteiger partial charge on any atom is 0.435 e. The number of aromatic nitrogens is 2. The molecule has 23 heavy (non-hydrogen) atoms. The average Bonchev–Trinajstić information content (AvgIpc) is 2.90. The molecule has 1 heterocycles. The van der Waals surface area contributed by atoms with E-state index in [0.717, 1.165) is 4.68 Å². The highest BCUT2D eigenvalue weighted by Gasteiger charge is 2.35. The Morgan fingerprint density at radius 1 is 1.39 bits per heavy atom. The van der Waals surface area contributed by atoms with Gasteiger partial charge in [-0.15, -0.1) is 0 Å². The fourth-order valence-corrected chi connectivity index (χ4v) is 1.90. The van der Waals surface area contributed by atoms with E-state index in [-0.39, 0.29) is 16.6 Å². The van der Waals surface area contributed by atoms with Crippen LogP contribution in [0.15, 0.2) is 30.3 Å². The minimum Gasteiger partial charge on any atom is -0.467 e. The van der Waals surface area contributed by atoms with Gasteiger partial charge in [-0.1, -0.05) is 23.7 Å². The quantitative estimate of drug-likeness (QED) is 0.843. The number of rotatable bonds is 5. The molecule has 1 aromatic carbocycles. The van der Waals surface area contributed by atoms with Crippen molar-refractivity contribution in [2.45, 2.75) is 6.18 Å². The Morgan fingerprint density at radius 2 is 2.09 bits per heavy atom. The van der Waals surface area contributed by atoms with Crippen molar-refractivity contribution in [2.75, 3.05) is 13.7 Å². The van der Waals surface area contributed by atoms with Gasteiger partial charge < -0.3 is 4.74 Å². The molecular weight excluding hydrogens is 339 g/mol. The summed E-state index contributed by atoms with van der Waals surface area (Å²) in [6.45, 7) is -0.554. The van der Waals surface area contributed by atoms with Gasteiger partial charge in [-0.05, 0) is 12.1 Å². The molecule has 0 aliphatic heterocycles. The average molecular weight is 350 g/mol. The third kappa shape index (κ3) is 4.14. The third-order valence-corrected chi connectivity index (χ3v) is 2.93. The van der Waals surface area contributed by atoms with Crippen LogP contribution in [0.25, 0.3) is 5.69 Å². The fourth-order valence-electron chi connectivity index (χ4n) is 1.68. The molecule has 10 heteroatoms. The molecule has 0 saturated carbocycles. The number of alkyl halides is 3. The molecule has 0 aliphatic rings. The van der Waals surface area contributed by atoms with Gasteiger partial charge in [0.25, 0.3) is 5.91 Å². The predicted octanol–water partition coefficient (Wildman–Crippen LogP) is 2.60. The molecule has 2 rings (SSSR count). The molecule has 0 radical (unpaired) electrons. The van der Waals surface area contributed by atoms with Crippen molar-refractivity contribution in [2.24, 2.45) is 0 Å². The smallest absolute Gasteiger partial charge is 0.435 e. The molecule has 124 valence electrons. The number of para-hydroxylation sites is 1. The van der Waals surface area contributed by atoms with Crippen LogP contribution in [0.2, 0.25) is 5.02 Å². The summed E-state index contributed by atoms with van der Waals surface area (Å²) < 4.78 is 44.5. The van der Waals surface area contributed by atoms with Crippen molar-refractivity contribution in [3.63, 3.8) is 0 Å². The number of hydroxylamine groups is 1. The molecule has 0 spiro atoms. The van der Waals surface area contributed by atoms with Gasteiger partial charge in [0.2, 0.25) is 5.88 Å². The lowest BCUT2D eigenvalue weighted by Crippen LogP contribution is -2.28. The normalized spacial score (nSPS) is 11.3. The van der Waals surface area contributed by atoms with Crippen molar-refractivity contribution >= 4 is 17.5 Å². The topological polar surface area (TPSA) is 65.4 Å². The van der Waals surface area contributed by atoms with E-state index in [1.165, 1.54) is 19.2 Å². The SMILES string of the molecule is CONC(=O)COc1cc(C(F)(F)F)nn1-c1ccccc1Cl. The van der Waals surface area contributed by atoms with Crippen molar-refractivity contribution in [1.82, 2.24) is 15.3 Å². The van der Waals surface area contributed by atoms with E-state index in [1.54, 1.807) is 12.1 Å². The first-order chi connectivity index (χ1) is 10.8. The second-order valence-corrected chi connectivity index (χ2v) is 4.65. The molecule has 0 fully saturated rings. The molecule has 1 N–H and O–H groups in total. The van der Waals surface area contributed by atoms with Crippen LogP contribution in [0.5, 0.6) is 5.88 Å². The van der Waals surface area contributed by atoms with Crippen LogP contribution in [-0.2, 0) is 15.8 Å². The zero-order chi connectivity index (χ0) is 17.0. The van der Waals surface area contributed by atoms with Crippen molar-refractivity contribution < 1.29 is 27.5 Å². The Labute approximate surface area is 133 Å². The number of hydrogen-bond acceptors (Lipinski definition) is 4. The van der Waals surface area contributed by atoms with Crippen LogP contribution in [0.3, 0.4) is 0 Å². The lowest BCUT2D eigenvalue weighted by atomic mass is 10.3. The number of benzene rings is 1. The van der Waals surface area contributed by atoms with Crippen molar-refractivity contribution in [3.8, 4) is 11.6 Å². The van der Waals surface area contributed by atoms with E-state index in [0.29, 0.717) is 6.07 Å². The number of carbonyl (C=O) groups is 1. The standard InChI is InChI=1S/C13H11ClF3N3O3/c1-22-19-11(21)7-23-12-6-10(13(15,16)17)18-20(12)9-5-3-2-4-8(9)14/h2-6H,7H2,1H3,(H,19,21). The summed E-state index contributed by atoms with van der Waals surface area (Å²) in [6.07, 6.45) is -4.67. The largest absolute Gasteiger partial charge is 0.467 e. The Balaban J connectivity index is 2.37. The summed E-state index contributed by atoms with van der Waals surface area (Å²) in [4.78, 5) is 15.7. The lowest BCUT2D eigenvalue weighted by molar-refractivity contribution is -0.141. The fraction of sp³-hybridized carbons (Fsp3) is 0.231. The molecule has 0 saturated heterocycles. The molecule has 1 aromatic heterocycles. The van der Waals surface area contributed by atoms with Gasteiger partial charge in [0.05, 0.1) is 17.8 Å².